The monoisotopic (exact) mass is 570 g/mol. The van der Waals surface area contributed by atoms with Gasteiger partial charge in [-0.25, -0.2) is 0 Å². The first kappa shape index (κ1) is 27.7. The molecule has 0 heterocycles. The molecule has 0 spiro atoms. The lowest BCUT2D eigenvalue weighted by atomic mass is 9.86. The minimum atomic E-state index is 0.204. The van der Waals surface area contributed by atoms with Crippen molar-refractivity contribution in [3.63, 3.8) is 0 Å². The second-order valence-corrected chi connectivity index (χ2v) is 12.5. The molecular formula is C42H38N2. The quantitative estimate of drug-likeness (QED) is 0.188. The number of para-hydroxylation sites is 2. The van der Waals surface area contributed by atoms with Gasteiger partial charge < -0.3 is 9.80 Å². The maximum Gasteiger partial charge on any atom is 0.0464 e. The third-order valence-electron chi connectivity index (χ3n) is 9.00. The first-order valence-corrected chi connectivity index (χ1v) is 15.6. The number of benzene rings is 6. The smallest absolute Gasteiger partial charge is 0.0464 e. The van der Waals surface area contributed by atoms with Crippen LogP contribution in [0.4, 0.5) is 34.1 Å². The van der Waals surface area contributed by atoms with Crippen molar-refractivity contribution in [1.82, 2.24) is 0 Å². The molecule has 2 heteroatoms. The number of anilines is 6. The minimum Gasteiger partial charge on any atom is -0.311 e. The molecule has 7 rings (SSSR count). The Morgan fingerprint density at radius 3 is 1.36 bits per heavy atom. The predicted octanol–water partition coefficient (Wildman–Crippen LogP) is 12.1. The fraction of sp³-hybridized carbons (Fsp3) is 0.143. The molecule has 6 aromatic carbocycles. The van der Waals surface area contributed by atoms with Gasteiger partial charge in [-0.1, -0.05) is 106 Å². The van der Waals surface area contributed by atoms with Crippen molar-refractivity contribution in [3.05, 3.63) is 169 Å². The van der Waals surface area contributed by atoms with Crippen LogP contribution in [0.2, 0.25) is 0 Å². The van der Waals surface area contributed by atoms with Crippen LogP contribution in [0, 0.1) is 0 Å². The van der Waals surface area contributed by atoms with Crippen LogP contribution >= 0.6 is 0 Å². The van der Waals surface area contributed by atoms with Crippen LogP contribution in [0.15, 0.2) is 158 Å². The number of hydrogen-bond acceptors (Lipinski definition) is 2. The second-order valence-electron chi connectivity index (χ2n) is 12.5. The molecule has 0 N–H and O–H groups in total. The third-order valence-corrected chi connectivity index (χ3v) is 9.00. The van der Waals surface area contributed by atoms with Crippen LogP contribution in [-0.4, -0.2) is 0 Å². The molecule has 0 bridgehead atoms. The maximum atomic E-state index is 2.42. The topological polar surface area (TPSA) is 6.48 Å². The van der Waals surface area contributed by atoms with Gasteiger partial charge in [0.1, 0.15) is 0 Å². The molecule has 216 valence electrons. The van der Waals surface area contributed by atoms with Gasteiger partial charge in [-0.3, -0.25) is 0 Å². The summed E-state index contributed by atoms with van der Waals surface area (Å²) in [4.78, 5) is 4.70. The van der Waals surface area contributed by atoms with Crippen molar-refractivity contribution < 1.29 is 0 Å². The van der Waals surface area contributed by atoms with Crippen molar-refractivity contribution in [2.45, 2.75) is 38.5 Å². The largest absolute Gasteiger partial charge is 0.311 e. The van der Waals surface area contributed by atoms with Crippen LogP contribution in [0.5, 0.6) is 0 Å². The molecule has 0 saturated heterocycles. The summed E-state index contributed by atoms with van der Waals surface area (Å²) < 4.78 is 0. The zero-order valence-corrected chi connectivity index (χ0v) is 25.7. The zero-order valence-electron chi connectivity index (χ0n) is 25.7. The summed E-state index contributed by atoms with van der Waals surface area (Å²) in [5.74, 6) is 0.537. The minimum absolute atomic E-state index is 0.204. The van der Waals surface area contributed by atoms with Crippen LogP contribution in [0.25, 0.3) is 11.1 Å². The van der Waals surface area contributed by atoms with Gasteiger partial charge in [0, 0.05) is 34.1 Å². The highest BCUT2D eigenvalue weighted by Crippen LogP contribution is 2.48. The number of fused-ring (bicyclic) bond motifs is 1. The molecule has 0 saturated carbocycles. The van der Waals surface area contributed by atoms with E-state index in [1.165, 1.54) is 34.4 Å². The molecule has 1 atom stereocenters. The number of rotatable bonds is 7. The lowest BCUT2D eigenvalue weighted by Crippen LogP contribution is -2.14. The summed E-state index contributed by atoms with van der Waals surface area (Å²) in [6.07, 6.45) is 1.18. The molecule has 1 unspecified atom stereocenters. The highest BCUT2D eigenvalue weighted by atomic mass is 15.2. The van der Waals surface area contributed by atoms with Crippen LogP contribution in [0.3, 0.4) is 0 Å². The highest BCUT2D eigenvalue weighted by Gasteiger charge is 2.35. The fourth-order valence-electron chi connectivity index (χ4n) is 6.93. The summed E-state index contributed by atoms with van der Waals surface area (Å²) in [7, 11) is 0. The Hall–Kier alpha value is -5.08. The standard InChI is InChI=1S/C42H38N2/c1-31-30-42(2,3)41-28-27-39(29-40(31)41)44(36-21-19-33(20-22-36)32-13-7-4-8-14-32)38-25-23-37(24-26-38)43(34-15-9-5-10-16-34)35-17-11-6-12-18-35/h4-29,31H,30H2,1-3H3. The third kappa shape index (κ3) is 5.29. The van der Waals surface area contributed by atoms with Crippen LogP contribution in [0.1, 0.15) is 44.2 Å². The van der Waals surface area contributed by atoms with E-state index in [9.17, 15) is 0 Å². The van der Waals surface area contributed by atoms with E-state index in [1.807, 2.05) is 0 Å². The Labute approximate surface area is 261 Å². The Morgan fingerprint density at radius 2 is 0.841 bits per heavy atom. The van der Waals surface area contributed by atoms with Gasteiger partial charge in [-0.15, -0.1) is 0 Å². The molecule has 0 fully saturated rings. The van der Waals surface area contributed by atoms with Gasteiger partial charge >= 0.3 is 0 Å². The van der Waals surface area contributed by atoms with Crippen molar-refractivity contribution in [2.24, 2.45) is 0 Å². The summed E-state index contributed by atoms with van der Waals surface area (Å²) >= 11 is 0. The van der Waals surface area contributed by atoms with E-state index < -0.39 is 0 Å². The van der Waals surface area contributed by atoms with E-state index in [0.29, 0.717) is 5.92 Å². The van der Waals surface area contributed by atoms with Gasteiger partial charge in [0.2, 0.25) is 0 Å². The number of nitrogens with zero attached hydrogens (tertiary/aromatic N) is 2. The van der Waals surface area contributed by atoms with E-state index in [-0.39, 0.29) is 5.41 Å². The van der Waals surface area contributed by atoms with Gasteiger partial charge in [-0.2, -0.15) is 0 Å². The Kier molecular flexibility index (Phi) is 7.28. The van der Waals surface area contributed by atoms with E-state index in [2.05, 4.69) is 188 Å². The van der Waals surface area contributed by atoms with Crippen molar-refractivity contribution in [3.8, 4) is 11.1 Å². The zero-order chi connectivity index (χ0) is 30.1. The van der Waals surface area contributed by atoms with E-state index in [4.69, 9.17) is 0 Å². The summed E-state index contributed by atoms with van der Waals surface area (Å²) in [5, 5.41) is 0. The molecule has 0 aliphatic heterocycles. The first-order chi connectivity index (χ1) is 21.5. The second kappa shape index (κ2) is 11.5. The van der Waals surface area contributed by atoms with E-state index in [1.54, 1.807) is 0 Å². The molecule has 1 aliphatic rings. The molecule has 6 aromatic rings. The molecule has 44 heavy (non-hydrogen) atoms. The van der Waals surface area contributed by atoms with Crippen molar-refractivity contribution in [1.29, 1.82) is 0 Å². The predicted molar refractivity (Wildman–Crippen MR) is 187 cm³/mol. The van der Waals surface area contributed by atoms with Gasteiger partial charge in [-0.05, 0) is 113 Å². The maximum absolute atomic E-state index is 2.42. The Bertz CT molecular complexity index is 1800. The first-order valence-electron chi connectivity index (χ1n) is 15.6. The molecule has 0 radical (unpaired) electrons. The normalized spacial score (nSPS) is 15.0. The number of hydrogen-bond donors (Lipinski definition) is 0. The highest BCUT2D eigenvalue weighted by molar-refractivity contribution is 5.82. The summed E-state index contributed by atoms with van der Waals surface area (Å²) in [6.45, 7) is 7.12. The molecule has 0 aromatic heterocycles. The SMILES string of the molecule is CC1CC(C)(C)c2ccc(N(c3ccc(-c4ccccc4)cc3)c3ccc(N(c4ccccc4)c4ccccc4)cc3)cc21. The van der Waals surface area contributed by atoms with Gasteiger partial charge in [0.15, 0.2) is 0 Å². The Balaban J connectivity index is 1.31. The average Bonchev–Trinajstić information content (AvgIpc) is 3.30. The van der Waals surface area contributed by atoms with Crippen molar-refractivity contribution >= 4 is 34.1 Å². The lowest BCUT2D eigenvalue weighted by molar-refractivity contribution is 0.489. The summed E-state index contributed by atoms with van der Waals surface area (Å²) in [5.41, 5.74) is 12.4. The molecule has 2 nitrogen and oxygen atoms in total. The average molecular weight is 571 g/mol. The van der Waals surface area contributed by atoms with Crippen LogP contribution in [-0.2, 0) is 5.41 Å². The molecule has 1 aliphatic carbocycles. The fourth-order valence-corrected chi connectivity index (χ4v) is 6.93. The van der Waals surface area contributed by atoms with Gasteiger partial charge in [0.05, 0.1) is 0 Å². The summed E-state index contributed by atoms with van der Waals surface area (Å²) in [6, 6.07) is 56.8. The van der Waals surface area contributed by atoms with Crippen LogP contribution < -0.4 is 9.80 Å². The van der Waals surface area contributed by atoms with E-state index in [0.717, 1.165) is 28.4 Å². The van der Waals surface area contributed by atoms with Gasteiger partial charge in [0.25, 0.3) is 0 Å². The molecule has 0 amide bonds. The van der Waals surface area contributed by atoms with E-state index >= 15 is 0 Å². The Morgan fingerprint density at radius 1 is 0.455 bits per heavy atom. The lowest BCUT2D eigenvalue weighted by Gasteiger charge is -2.29. The van der Waals surface area contributed by atoms with Crippen molar-refractivity contribution in [2.75, 3.05) is 9.80 Å². The molecular weight excluding hydrogens is 532 g/mol.